The second-order valence-corrected chi connectivity index (χ2v) is 4.25. The van der Waals surface area contributed by atoms with Crippen molar-refractivity contribution < 1.29 is 9.63 Å². The molecule has 6 nitrogen and oxygen atoms in total. The molecule has 2 rings (SSSR count). The predicted molar refractivity (Wildman–Crippen MR) is 62.3 cm³/mol. The molecule has 0 bridgehead atoms. The summed E-state index contributed by atoms with van der Waals surface area (Å²) in [6.45, 7) is 1.51. The number of urea groups is 1. The normalized spacial score (nSPS) is 17.2. The van der Waals surface area contributed by atoms with Crippen LogP contribution >= 0.6 is 0 Å². The molecule has 6 heteroatoms. The van der Waals surface area contributed by atoms with Crippen molar-refractivity contribution in [3.05, 3.63) is 18.0 Å². The van der Waals surface area contributed by atoms with Crippen LogP contribution in [0.3, 0.4) is 0 Å². The number of hydrogen-bond donors (Lipinski definition) is 1. The van der Waals surface area contributed by atoms with E-state index >= 15 is 0 Å². The van der Waals surface area contributed by atoms with Gasteiger partial charge < -0.3 is 4.90 Å². The summed E-state index contributed by atoms with van der Waals surface area (Å²) in [4.78, 5) is 17.9. The van der Waals surface area contributed by atoms with Gasteiger partial charge in [0.15, 0.2) is 0 Å². The van der Waals surface area contributed by atoms with Gasteiger partial charge in [-0.15, -0.1) is 0 Å². The zero-order valence-corrected chi connectivity index (χ0v) is 10.2. The lowest BCUT2D eigenvalue weighted by Crippen LogP contribution is -2.43. The van der Waals surface area contributed by atoms with Gasteiger partial charge in [0.05, 0.1) is 7.11 Å². The van der Waals surface area contributed by atoms with Gasteiger partial charge in [0.2, 0.25) is 0 Å². The molecular formula is C11H18N4O2. The molecule has 1 aromatic heterocycles. The van der Waals surface area contributed by atoms with Crippen LogP contribution in [0.25, 0.3) is 0 Å². The largest absolute Gasteiger partial charge is 0.341 e. The molecule has 0 unspecified atom stereocenters. The Morgan fingerprint density at radius 3 is 2.76 bits per heavy atom. The maximum atomic E-state index is 11.5. The molecule has 1 aliphatic heterocycles. The van der Waals surface area contributed by atoms with Crippen molar-refractivity contribution in [2.24, 2.45) is 7.05 Å². The highest BCUT2D eigenvalue weighted by molar-refractivity contribution is 5.73. The van der Waals surface area contributed by atoms with Crippen LogP contribution in [-0.4, -0.2) is 40.9 Å². The summed E-state index contributed by atoms with van der Waals surface area (Å²) in [5.41, 5.74) is 3.59. The summed E-state index contributed by atoms with van der Waals surface area (Å²) < 4.78 is 1.91. The molecular weight excluding hydrogens is 220 g/mol. The lowest BCUT2D eigenvalue weighted by molar-refractivity contribution is 0.0816. The summed E-state index contributed by atoms with van der Waals surface area (Å²) in [7, 11) is 3.40. The molecule has 1 fully saturated rings. The fourth-order valence-electron chi connectivity index (χ4n) is 2.31. The summed E-state index contributed by atoms with van der Waals surface area (Å²) in [6.07, 6.45) is 3.76. The number of aryl methyl sites for hydroxylation is 1. The average molecular weight is 238 g/mol. The molecule has 1 N–H and O–H groups in total. The minimum Gasteiger partial charge on any atom is -0.323 e. The van der Waals surface area contributed by atoms with Gasteiger partial charge in [0, 0.05) is 37.9 Å². The molecule has 1 saturated heterocycles. The molecule has 0 aromatic carbocycles. The number of carbonyl (C=O) groups excluding carboxylic acids is 1. The molecule has 0 radical (unpaired) electrons. The predicted octanol–water partition coefficient (Wildman–Crippen LogP) is 0.871. The highest BCUT2D eigenvalue weighted by atomic mass is 16.6. The number of likely N-dealkylation sites (tertiary alicyclic amines) is 1. The first-order valence-corrected chi connectivity index (χ1v) is 5.78. The van der Waals surface area contributed by atoms with E-state index in [0.29, 0.717) is 5.92 Å². The van der Waals surface area contributed by atoms with Crippen LogP contribution in [0.2, 0.25) is 0 Å². The second kappa shape index (κ2) is 5.18. The second-order valence-electron chi connectivity index (χ2n) is 4.25. The Morgan fingerprint density at radius 1 is 1.53 bits per heavy atom. The van der Waals surface area contributed by atoms with Gasteiger partial charge in [-0.1, -0.05) is 0 Å². The number of hydroxylamine groups is 1. The van der Waals surface area contributed by atoms with Gasteiger partial charge >= 0.3 is 6.03 Å². The molecule has 1 aromatic rings. The Balaban J connectivity index is 1.90. The van der Waals surface area contributed by atoms with Crippen LogP contribution in [0.5, 0.6) is 0 Å². The van der Waals surface area contributed by atoms with E-state index in [2.05, 4.69) is 21.5 Å². The number of hydrogen-bond acceptors (Lipinski definition) is 3. The zero-order valence-electron chi connectivity index (χ0n) is 10.2. The number of aromatic nitrogens is 2. The Morgan fingerprint density at radius 2 is 2.24 bits per heavy atom. The average Bonchev–Trinajstić information content (AvgIpc) is 2.76. The van der Waals surface area contributed by atoms with Gasteiger partial charge in [0.25, 0.3) is 0 Å². The number of piperidine rings is 1. The van der Waals surface area contributed by atoms with E-state index in [-0.39, 0.29) is 6.03 Å². The van der Waals surface area contributed by atoms with E-state index in [1.807, 2.05) is 17.9 Å². The van der Waals surface area contributed by atoms with Gasteiger partial charge in [-0.25, -0.2) is 10.3 Å². The number of amides is 2. The Kier molecular flexibility index (Phi) is 3.63. The number of nitrogens with zero attached hydrogens (tertiary/aromatic N) is 3. The minimum absolute atomic E-state index is 0.157. The summed E-state index contributed by atoms with van der Waals surface area (Å²) in [5.74, 6) is 0.495. The Hall–Kier alpha value is -1.56. The van der Waals surface area contributed by atoms with Gasteiger partial charge in [-0.05, 0) is 18.9 Å². The molecule has 94 valence electrons. The van der Waals surface area contributed by atoms with Gasteiger partial charge in [0.1, 0.15) is 0 Å². The van der Waals surface area contributed by atoms with Crippen molar-refractivity contribution in [3.8, 4) is 0 Å². The first-order chi connectivity index (χ1) is 8.22. The van der Waals surface area contributed by atoms with Crippen LogP contribution < -0.4 is 5.48 Å². The molecule has 2 amide bonds. The smallest absolute Gasteiger partial charge is 0.323 e. The highest BCUT2D eigenvalue weighted by Crippen LogP contribution is 2.27. The van der Waals surface area contributed by atoms with Gasteiger partial charge in [-0.3, -0.25) is 9.52 Å². The van der Waals surface area contributed by atoms with Crippen LogP contribution in [0.4, 0.5) is 4.79 Å². The Bertz CT molecular complexity index is 383. The Labute approximate surface area is 100 Å². The molecule has 17 heavy (non-hydrogen) atoms. The number of carbonyl (C=O) groups is 1. The molecule has 0 atom stereocenters. The van der Waals surface area contributed by atoms with Crippen molar-refractivity contribution >= 4 is 6.03 Å². The van der Waals surface area contributed by atoms with Crippen LogP contribution in [0.1, 0.15) is 24.5 Å². The molecule has 2 heterocycles. The number of nitrogens with one attached hydrogen (secondary N) is 1. The fourth-order valence-corrected chi connectivity index (χ4v) is 2.31. The molecule has 1 aliphatic rings. The van der Waals surface area contributed by atoms with E-state index in [4.69, 9.17) is 0 Å². The van der Waals surface area contributed by atoms with E-state index < -0.39 is 0 Å². The number of rotatable bonds is 2. The lowest BCUT2D eigenvalue weighted by atomic mass is 9.94. The van der Waals surface area contributed by atoms with Crippen LogP contribution in [0.15, 0.2) is 12.3 Å². The molecule has 0 aliphatic carbocycles. The maximum absolute atomic E-state index is 11.5. The third kappa shape index (κ3) is 2.58. The van der Waals surface area contributed by atoms with E-state index in [9.17, 15) is 4.79 Å². The summed E-state index contributed by atoms with van der Waals surface area (Å²) >= 11 is 0. The maximum Gasteiger partial charge on any atom is 0.341 e. The van der Waals surface area contributed by atoms with E-state index in [1.54, 1.807) is 4.90 Å². The standard InChI is InChI=1S/C11H18N4O2/c1-14-10(3-6-12-14)9-4-7-15(8-5-9)11(16)13-17-2/h3,6,9H,4-5,7-8H2,1-2H3,(H,13,16). The minimum atomic E-state index is -0.157. The third-order valence-corrected chi connectivity index (χ3v) is 3.25. The van der Waals surface area contributed by atoms with Crippen molar-refractivity contribution in [1.29, 1.82) is 0 Å². The summed E-state index contributed by atoms with van der Waals surface area (Å²) in [6, 6.07) is 1.89. The van der Waals surface area contributed by atoms with Crippen LogP contribution in [0, 0.1) is 0 Å². The molecule has 0 spiro atoms. The SMILES string of the molecule is CONC(=O)N1CCC(c2ccnn2C)CC1. The third-order valence-electron chi connectivity index (χ3n) is 3.25. The first-order valence-electron chi connectivity index (χ1n) is 5.78. The van der Waals surface area contributed by atoms with Gasteiger partial charge in [-0.2, -0.15) is 5.10 Å². The lowest BCUT2D eigenvalue weighted by Gasteiger charge is -2.31. The van der Waals surface area contributed by atoms with Crippen molar-refractivity contribution in [3.63, 3.8) is 0 Å². The topological polar surface area (TPSA) is 59.4 Å². The van der Waals surface area contributed by atoms with E-state index in [1.165, 1.54) is 12.8 Å². The van der Waals surface area contributed by atoms with Crippen molar-refractivity contribution in [2.75, 3.05) is 20.2 Å². The zero-order chi connectivity index (χ0) is 12.3. The van der Waals surface area contributed by atoms with Crippen molar-refractivity contribution in [1.82, 2.24) is 20.2 Å². The van der Waals surface area contributed by atoms with Crippen LogP contribution in [-0.2, 0) is 11.9 Å². The quantitative estimate of drug-likeness (QED) is 0.778. The summed E-state index contributed by atoms with van der Waals surface area (Å²) in [5, 5.41) is 4.18. The fraction of sp³-hybridized carbons (Fsp3) is 0.636. The molecule has 0 saturated carbocycles. The monoisotopic (exact) mass is 238 g/mol. The van der Waals surface area contributed by atoms with Crippen molar-refractivity contribution in [2.45, 2.75) is 18.8 Å². The first kappa shape index (κ1) is 11.9. The van der Waals surface area contributed by atoms with E-state index in [0.717, 1.165) is 25.9 Å². The highest BCUT2D eigenvalue weighted by Gasteiger charge is 2.25.